The highest BCUT2D eigenvalue weighted by molar-refractivity contribution is 6.34. The molecule has 1 saturated carbocycles. The third-order valence-corrected chi connectivity index (χ3v) is 5.75. The van der Waals surface area contributed by atoms with E-state index in [1.807, 2.05) is 31.2 Å². The quantitative estimate of drug-likeness (QED) is 0.405. The molecule has 0 unspecified atom stereocenters. The molecule has 0 heterocycles. The van der Waals surface area contributed by atoms with Crippen LogP contribution in [0.4, 0.5) is 11.4 Å². The average Bonchev–Trinajstić information content (AvgIpc) is 2.82. The van der Waals surface area contributed by atoms with Gasteiger partial charge in [0.15, 0.2) is 0 Å². The second-order valence-corrected chi connectivity index (χ2v) is 8.39. The number of amides is 2. The number of anilines is 2. The van der Waals surface area contributed by atoms with Gasteiger partial charge < -0.3 is 25.4 Å². The molecule has 2 amide bonds. The van der Waals surface area contributed by atoms with Gasteiger partial charge >= 0.3 is 0 Å². The van der Waals surface area contributed by atoms with E-state index in [0.717, 1.165) is 31.4 Å². The normalized spacial score (nSPS) is 13.9. The number of rotatable bonds is 11. The van der Waals surface area contributed by atoms with Gasteiger partial charge in [-0.2, -0.15) is 0 Å². The predicted molar refractivity (Wildman–Crippen MR) is 131 cm³/mol. The molecule has 0 aliphatic heterocycles. The molecule has 0 spiro atoms. The zero-order valence-electron chi connectivity index (χ0n) is 19.0. The highest BCUT2D eigenvalue weighted by Crippen LogP contribution is 2.23. The molecule has 7 nitrogen and oxygen atoms in total. The van der Waals surface area contributed by atoms with Gasteiger partial charge in [0, 0.05) is 30.1 Å². The summed E-state index contributed by atoms with van der Waals surface area (Å²) in [6, 6.07) is 12.5. The van der Waals surface area contributed by atoms with Crippen LogP contribution in [0.2, 0.25) is 5.02 Å². The Bertz CT molecular complexity index is 932. The lowest BCUT2D eigenvalue weighted by Crippen LogP contribution is -2.36. The summed E-state index contributed by atoms with van der Waals surface area (Å²) in [5, 5.41) is 9.32. The van der Waals surface area contributed by atoms with E-state index >= 15 is 0 Å². The number of hydrogen-bond donors (Lipinski definition) is 3. The summed E-state index contributed by atoms with van der Waals surface area (Å²) in [4.78, 5) is 25.1. The van der Waals surface area contributed by atoms with Gasteiger partial charge in [-0.05, 0) is 50.1 Å². The molecule has 0 radical (unpaired) electrons. The van der Waals surface area contributed by atoms with Crippen LogP contribution in [0.25, 0.3) is 0 Å². The molecule has 33 heavy (non-hydrogen) atoms. The van der Waals surface area contributed by atoms with Gasteiger partial charge in [-0.15, -0.1) is 0 Å². The molecule has 3 rings (SSSR count). The number of nitrogens with one attached hydrogen (secondary N) is 3. The summed E-state index contributed by atoms with van der Waals surface area (Å²) in [7, 11) is 0. The van der Waals surface area contributed by atoms with Crippen LogP contribution < -0.4 is 20.7 Å². The van der Waals surface area contributed by atoms with Crippen LogP contribution in [0, 0.1) is 0 Å². The Hall–Kier alpha value is -2.77. The standard InChI is InChI=1S/C25H32ClN3O4/c1-2-32-13-14-33-21-10-6-9-19(15-21)27-17-24(30)28-20-11-12-23(26)22(16-20)25(31)29-18-7-4-3-5-8-18/h6,9-12,15-16,18,27H,2-5,7-8,13-14,17H2,1H3,(H,28,30)(H,29,31). The van der Waals surface area contributed by atoms with E-state index in [1.54, 1.807) is 18.2 Å². The number of halogens is 1. The Morgan fingerprint density at radius 3 is 2.64 bits per heavy atom. The largest absolute Gasteiger partial charge is 0.491 e. The minimum absolute atomic E-state index is 0.0641. The third-order valence-electron chi connectivity index (χ3n) is 5.42. The van der Waals surface area contributed by atoms with Gasteiger partial charge in [-0.3, -0.25) is 9.59 Å². The zero-order valence-corrected chi connectivity index (χ0v) is 19.7. The van der Waals surface area contributed by atoms with Crippen molar-refractivity contribution in [1.29, 1.82) is 0 Å². The van der Waals surface area contributed by atoms with Crippen molar-refractivity contribution in [3.05, 3.63) is 53.1 Å². The van der Waals surface area contributed by atoms with Gasteiger partial charge in [0.05, 0.1) is 23.7 Å². The van der Waals surface area contributed by atoms with Crippen molar-refractivity contribution in [2.45, 2.75) is 45.1 Å². The molecule has 178 valence electrons. The van der Waals surface area contributed by atoms with E-state index in [4.69, 9.17) is 21.1 Å². The summed E-state index contributed by atoms with van der Waals surface area (Å²) in [6.45, 7) is 3.64. The minimum atomic E-state index is -0.237. The lowest BCUT2D eigenvalue weighted by molar-refractivity contribution is -0.114. The van der Waals surface area contributed by atoms with Gasteiger partial charge in [-0.25, -0.2) is 0 Å². The maximum Gasteiger partial charge on any atom is 0.253 e. The first kappa shape index (κ1) is 24.9. The maximum atomic E-state index is 12.7. The van der Waals surface area contributed by atoms with E-state index in [2.05, 4.69) is 16.0 Å². The lowest BCUT2D eigenvalue weighted by Gasteiger charge is -2.23. The summed E-state index contributed by atoms with van der Waals surface area (Å²) in [5.41, 5.74) is 1.65. The zero-order chi connectivity index (χ0) is 23.5. The first-order chi connectivity index (χ1) is 16.0. The van der Waals surface area contributed by atoms with Gasteiger partial charge in [0.1, 0.15) is 12.4 Å². The molecule has 0 aromatic heterocycles. The van der Waals surface area contributed by atoms with Crippen molar-refractivity contribution < 1.29 is 19.1 Å². The first-order valence-electron chi connectivity index (χ1n) is 11.5. The second kappa shape index (κ2) is 13.1. The van der Waals surface area contributed by atoms with Crippen molar-refractivity contribution in [3.63, 3.8) is 0 Å². The lowest BCUT2D eigenvalue weighted by atomic mass is 9.95. The molecule has 0 atom stereocenters. The smallest absolute Gasteiger partial charge is 0.253 e. The fourth-order valence-corrected chi connectivity index (χ4v) is 3.94. The highest BCUT2D eigenvalue weighted by atomic mass is 35.5. The molecule has 3 N–H and O–H groups in total. The van der Waals surface area contributed by atoms with Crippen LogP contribution in [0.3, 0.4) is 0 Å². The van der Waals surface area contributed by atoms with Crippen LogP contribution >= 0.6 is 11.6 Å². The fraction of sp³-hybridized carbons (Fsp3) is 0.440. The number of benzene rings is 2. The molecule has 0 bridgehead atoms. The molecule has 1 fully saturated rings. The van der Waals surface area contributed by atoms with E-state index in [-0.39, 0.29) is 24.4 Å². The Morgan fingerprint density at radius 1 is 1.03 bits per heavy atom. The molecule has 1 aliphatic rings. The van der Waals surface area contributed by atoms with Crippen LogP contribution in [-0.4, -0.2) is 44.2 Å². The second-order valence-electron chi connectivity index (χ2n) is 7.98. The Labute approximate surface area is 200 Å². The average molecular weight is 474 g/mol. The van der Waals surface area contributed by atoms with Crippen molar-refractivity contribution in [1.82, 2.24) is 5.32 Å². The molecule has 8 heteroatoms. The number of ether oxygens (including phenoxy) is 2. The third kappa shape index (κ3) is 8.26. The predicted octanol–water partition coefficient (Wildman–Crippen LogP) is 4.87. The Morgan fingerprint density at radius 2 is 1.85 bits per heavy atom. The summed E-state index contributed by atoms with van der Waals surface area (Å²) in [5.74, 6) is 0.257. The van der Waals surface area contributed by atoms with E-state index < -0.39 is 0 Å². The summed E-state index contributed by atoms with van der Waals surface area (Å²) < 4.78 is 10.9. The van der Waals surface area contributed by atoms with Crippen molar-refractivity contribution in [2.24, 2.45) is 0 Å². The van der Waals surface area contributed by atoms with Gasteiger partial charge in [-0.1, -0.05) is 36.9 Å². The van der Waals surface area contributed by atoms with Gasteiger partial charge in [0.25, 0.3) is 5.91 Å². The topological polar surface area (TPSA) is 88.7 Å². The van der Waals surface area contributed by atoms with Gasteiger partial charge in [0.2, 0.25) is 5.91 Å². The van der Waals surface area contributed by atoms with Crippen LogP contribution in [-0.2, 0) is 9.53 Å². The number of carbonyl (C=O) groups excluding carboxylic acids is 2. The molecular formula is C25H32ClN3O4. The molecule has 0 saturated heterocycles. The van der Waals surface area contributed by atoms with Crippen LogP contribution in [0.15, 0.2) is 42.5 Å². The Kier molecular flexibility index (Phi) is 9.84. The molecular weight excluding hydrogens is 442 g/mol. The highest BCUT2D eigenvalue weighted by Gasteiger charge is 2.19. The van der Waals surface area contributed by atoms with Crippen LogP contribution in [0.5, 0.6) is 5.75 Å². The maximum absolute atomic E-state index is 12.7. The molecule has 1 aliphatic carbocycles. The monoisotopic (exact) mass is 473 g/mol. The van der Waals surface area contributed by atoms with Crippen molar-refractivity contribution >= 4 is 34.8 Å². The minimum Gasteiger partial charge on any atom is -0.491 e. The fourth-order valence-electron chi connectivity index (χ4n) is 3.73. The summed E-state index contributed by atoms with van der Waals surface area (Å²) in [6.07, 6.45) is 5.45. The van der Waals surface area contributed by atoms with E-state index in [0.29, 0.717) is 41.8 Å². The Balaban J connectivity index is 1.51. The number of hydrogen-bond acceptors (Lipinski definition) is 5. The van der Waals surface area contributed by atoms with E-state index in [9.17, 15) is 9.59 Å². The van der Waals surface area contributed by atoms with E-state index in [1.165, 1.54) is 6.42 Å². The summed E-state index contributed by atoms with van der Waals surface area (Å²) >= 11 is 6.25. The van der Waals surface area contributed by atoms with Crippen molar-refractivity contribution in [3.8, 4) is 5.75 Å². The molecule has 2 aromatic carbocycles. The van der Waals surface area contributed by atoms with Crippen LogP contribution in [0.1, 0.15) is 49.4 Å². The molecule has 2 aromatic rings. The van der Waals surface area contributed by atoms with Crippen molar-refractivity contribution in [2.75, 3.05) is 37.0 Å². The number of carbonyl (C=O) groups is 2. The SMILES string of the molecule is CCOCCOc1cccc(NCC(=O)Nc2ccc(Cl)c(C(=O)NC3CCCCC3)c2)c1. The first-order valence-corrected chi connectivity index (χ1v) is 11.9.